The van der Waals surface area contributed by atoms with Crippen LogP contribution in [0.2, 0.25) is 0 Å². The minimum atomic E-state index is -0.577. The van der Waals surface area contributed by atoms with E-state index in [0.717, 1.165) is 63.3 Å². The summed E-state index contributed by atoms with van der Waals surface area (Å²) in [6.45, 7) is 11.7. The van der Waals surface area contributed by atoms with Crippen molar-refractivity contribution < 1.29 is 19.1 Å². The van der Waals surface area contributed by atoms with Gasteiger partial charge >= 0.3 is 5.97 Å². The molecule has 1 aliphatic heterocycles. The van der Waals surface area contributed by atoms with E-state index in [1.807, 2.05) is 13.8 Å². The average molecular weight is 529 g/mol. The molecule has 4 aliphatic carbocycles. The summed E-state index contributed by atoms with van der Waals surface area (Å²) >= 11 is 0. The van der Waals surface area contributed by atoms with Crippen LogP contribution in [-0.4, -0.2) is 42.4 Å². The lowest BCUT2D eigenvalue weighted by Gasteiger charge is -2.61. The van der Waals surface area contributed by atoms with E-state index in [1.165, 1.54) is 32.1 Å². The van der Waals surface area contributed by atoms with Crippen LogP contribution in [-0.2, 0) is 19.1 Å². The molecule has 0 spiro atoms. The molecule has 6 heteroatoms. The summed E-state index contributed by atoms with van der Waals surface area (Å²) in [5.74, 6) is 3.14. The molecule has 0 bridgehead atoms. The summed E-state index contributed by atoms with van der Waals surface area (Å²) in [6, 6.07) is -0.769. The normalized spacial score (nSPS) is 43.8. The van der Waals surface area contributed by atoms with Crippen LogP contribution < -0.4 is 10.6 Å². The van der Waals surface area contributed by atoms with Crippen LogP contribution in [0, 0.1) is 46.3 Å². The number of esters is 1. The molecule has 11 atom stereocenters. The number of ether oxygens (including phenoxy) is 1. The minimum absolute atomic E-state index is 0.0407. The Morgan fingerprint density at radius 2 is 1.71 bits per heavy atom. The maximum Gasteiger partial charge on any atom is 0.329 e. The summed E-state index contributed by atoms with van der Waals surface area (Å²) in [5, 5.41) is 6.28. The lowest BCUT2D eigenvalue weighted by Crippen LogP contribution is -2.55. The fourth-order valence-electron chi connectivity index (χ4n) is 10.1. The van der Waals surface area contributed by atoms with Gasteiger partial charge in [0.15, 0.2) is 0 Å². The zero-order chi connectivity index (χ0) is 27.2. The predicted molar refractivity (Wildman–Crippen MR) is 148 cm³/mol. The largest absolute Gasteiger partial charge is 0.461 e. The predicted octanol–water partition coefficient (Wildman–Crippen LogP) is 5.43. The molecule has 5 aliphatic rings. The molecule has 4 saturated carbocycles. The fraction of sp³-hybridized carbons (Fsp3) is 0.906. The Morgan fingerprint density at radius 3 is 2.39 bits per heavy atom. The summed E-state index contributed by atoms with van der Waals surface area (Å²) in [5.41, 5.74) is 0.506. The Balaban J connectivity index is 1.22. The van der Waals surface area contributed by atoms with Gasteiger partial charge < -0.3 is 15.4 Å². The summed E-state index contributed by atoms with van der Waals surface area (Å²) in [7, 11) is 0. The van der Waals surface area contributed by atoms with Gasteiger partial charge in [-0.1, -0.05) is 34.1 Å². The van der Waals surface area contributed by atoms with E-state index in [4.69, 9.17) is 4.74 Å². The van der Waals surface area contributed by atoms with Crippen molar-refractivity contribution in [1.29, 1.82) is 0 Å². The Labute approximate surface area is 230 Å². The van der Waals surface area contributed by atoms with E-state index in [9.17, 15) is 14.4 Å². The molecule has 2 N–H and O–H groups in total. The first kappa shape index (κ1) is 28.1. The lowest BCUT2D eigenvalue weighted by atomic mass is 9.44. The quantitative estimate of drug-likeness (QED) is 0.431. The molecule has 0 radical (unpaired) electrons. The van der Waals surface area contributed by atoms with E-state index in [-0.39, 0.29) is 41.3 Å². The molecule has 0 aromatic rings. The first-order valence-electron chi connectivity index (χ1n) is 15.8. The van der Waals surface area contributed by atoms with Gasteiger partial charge in [0.05, 0.1) is 6.04 Å². The average Bonchev–Trinajstić information content (AvgIpc) is 3.55. The Morgan fingerprint density at radius 1 is 0.974 bits per heavy atom. The van der Waals surface area contributed by atoms with Crippen LogP contribution in [0.25, 0.3) is 0 Å². The monoisotopic (exact) mass is 528 g/mol. The van der Waals surface area contributed by atoms with E-state index in [0.29, 0.717) is 23.0 Å². The second-order valence-electron chi connectivity index (χ2n) is 14.3. The van der Waals surface area contributed by atoms with E-state index in [2.05, 4.69) is 31.4 Å². The van der Waals surface area contributed by atoms with Gasteiger partial charge in [0, 0.05) is 5.92 Å². The third kappa shape index (κ3) is 4.86. The molecule has 5 fully saturated rings. The second-order valence-corrected chi connectivity index (χ2v) is 14.3. The number of nitrogens with one attached hydrogen (secondary N) is 2. The van der Waals surface area contributed by atoms with Crippen LogP contribution in [0.1, 0.15) is 112 Å². The van der Waals surface area contributed by atoms with Crippen molar-refractivity contribution in [1.82, 2.24) is 10.6 Å². The van der Waals surface area contributed by atoms with Gasteiger partial charge in [-0.15, -0.1) is 0 Å². The van der Waals surface area contributed by atoms with Gasteiger partial charge in [-0.2, -0.15) is 0 Å². The summed E-state index contributed by atoms with van der Waals surface area (Å²) in [4.78, 5) is 38.6. The first-order valence-corrected chi connectivity index (χ1v) is 15.8. The van der Waals surface area contributed by atoms with Crippen molar-refractivity contribution in [3.63, 3.8) is 0 Å². The molecule has 5 rings (SSSR count). The molecule has 1 heterocycles. The minimum Gasteiger partial charge on any atom is -0.461 e. The Kier molecular flexibility index (Phi) is 8.03. The number of carbonyl (C=O) groups is 3. The standard InChI is InChI=1S/C32H52N2O4/c1-6-19(2)28(34-29(36)27-8-7-17-33-27)30(37)38-22-13-15-31(4)21(18-22)9-10-23-25-12-11-24(20(3)35)32(25,5)16-14-26(23)31/h19,21-28,33H,6-18H2,1-5H3,(H,34,36)/t19?,21-,22+,23-,24+,25-,26-,27-,28-,31-,32+/m0/s1. The highest BCUT2D eigenvalue weighted by molar-refractivity contribution is 5.88. The van der Waals surface area contributed by atoms with Crippen molar-refractivity contribution in [2.24, 2.45) is 46.3 Å². The third-order valence-corrected chi connectivity index (χ3v) is 12.5. The van der Waals surface area contributed by atoms with Crippen molar-refractivity contribution >= 4 is 17.7 Å². The number of Topliss-reactive ketones (excluding diaryl/α,β-unsaturated/α-hetero) is 1. The maximum atomic E-state index is 13.4. The molecular weight excluding hydrogens is 476 g/mol. The fourth-order valence-corrected chi connectivity index (χ4v) is 10.1. The number of carbonyl (C=O) groups excluding carboxylic acids is 3. The second kappa shape index (κ2) is 10.9. The van der Waals surface area contributed by atoms with Crippen LogP contribution in [0.4, 0.5) is 0 Å². The summed E-state index contributed by atoms with van der Waals surface area (Å²) in [6.07, 6.45) is 12.8. The van der Waals surface area contributed by atoms with Crippen molar-refractivity contribution in [3.05, 3.63) is 0 Å². The number of fused-ring (bicyclic) bond motifs is 5. The number of hydrogen-bond donors (Lipinski definition) is 2. The highest BCUT2D eigenvalue weighted by Crippen LogP contribution is 2.67. The van der Waals surface area contributed by atoms with Crippen molar-refractivity contribution in [3.8, 4) is 0 Å². The van der Waals surface area contributed by atoms with E-state index in [1.54, 1.807) is 0 Å². The van der Waals surface area contributed by atoms with E-state index < -0.39 is 6.04 Å². The Bertz CT molecular complexity index is 915. The molecule has 214 valence electrons. The molecule has 0 aromatic carbocycles. The molecule has 1 saturated heterocycles. The summed E-state index contributed by atoms with van der Waals surface area (Å²) < 4.78 is 6.18. The molecule has 1 amide bonds. The van der Waals surface area contributed by atoms with Crippen LogP contribution in [0.15, 0.2) is 0 Å². The topological polar surface area (TPSA) is 84.5 Å². The molecular formula is C32H52N2O4. The van der Waals surface area contributed by atoms with Gasteiger partial charge in [0.25, 0.3) is 0 Å². The lowest BCUT2D eigenvalue weighted by molar-refractivity contribution is -0.167. The van der Waals surface area contributed by atoms with Crippen molar-refractivity contribution in [2.75, 3.05) is 6.54 Å². The van der Waals surface area contributed by atoms with Gasteiger partial charge in [-0.25, -0.2) is 4.79 Å². The zero-order valence-corrected chi connectivity index (χ0v) is 24.5. The van der Waals surface area contributed by atoms with Gasteiger partial charge in [-0.3, -0.25) is 9.59 Å². The van der Waals surface area contributed by atoms with Gasteiger partial charge in [0.1, 0.15) is 17.9 Å². The molecule has 0 aromatic heterocycles. The third-order valence-electron chi connectivity index (χ3n) is 12.5. The van der Waals surface area contributed by atoms with Crippen LogP contribution in [0.5, 0.6) is 0 Å². The van der Waals surface area contributed by atoms with Crippen molar-refractivity contribution in [2.45, 2.75) is 130 Å². The van der Waals surface area contributed by atoms with Crippen LogP contribution >= 0.6 is 0 Å². The highest BCUT2D eigenvalue weighted by atomic mass is 16.5. The van der Waals surface area contributed by atoms with Crippen LogP contribution in [0.3, 0.4) is 0 Å². The molecule has 6 nitrogen and oxygen atoms in total. The smallest absolute Gasteiger partial charge is 0.329 e. The highest BCUT2D eigenvalue weighted by Gasteiger charge is 2.61. The van der Waals surface area contributed by atoms with Gasteiger partial charge in [-0.05, 0) is 125 Å². The van der Waals surface area contributed by atoms with E-state index >= 15 is 0 Å². The number of ketones is 1. The zero-order valence-electron chi connectivity index (χ0n) is 24.5. The number of hydrogen-bond acceptors (Lipinski definition) is 5. The first-order chi connectivity index (χ1) is 18.1. The Hall–Kier alpha value is -1.43. The SMILES string of the molecule is CCC(C)[C@H](NC(=O)[C@@H]1CCCN1)C(=O)O[C@@H]1CC[C@@]2(C)[C@@H](CC[C@@H]3[C@@H]2CC[C@]2(C)[C@@H](C(C)=O)CC[C@@H]32)C1. The number of rotatable bonds is 7. The van der Waals surface area contributed by atoms with Gasteiger partial charge in [0.2, 0.25) is 5.91 Å². The number of amides is 1. The molecule has 38 heavy (non-hydrogen) atoms. The maximum absolute atomic E-state index is 13.4. The molecule has 1 unspecified atom stereocenters.